The molecule has 8 heteroatoms. The number of nitrogens with two attached hydrogens (primary N) is 1. The standard InChI is InChI=1S/C13H16N4O4/c1-7-4-9(21-11(7)12(19)16-14)6-17-10(18)5-8(2)15-13(17)20-3/h4-5H,6,14H2,1-3H3,(H,16,19). The smallest absolute Gasteiger partial charge is 0.301 e. The van der Waals surface area contributed by atoms with Gasteiger partial charge in [0.05, 0.1) is 13.7 Å². The molecule has 0 spiro atoms. The molecule has 0 saturated heterocycles. The van der Waals surface area contributed by atoms with E-state index in [2.05, 4.69) is 4.98 Å². The summed E-state index contributed by atoms with van der Waals surface area (Å²) in [7, 11) is 1.43. The fraction of sp³-hybridized carbons (Fsp3) is 0.308. The van der Waals surface area contributed by atoms with Gasteiger partial charge in [0.2, 0.25) is 0 Å². The van der Waals surface area contributed by atoms with E-state index in [1.54, 1.807) is 19.9 Å². The fourth-order valence-corrected chi connectivity index (χ4v) is 1.97. The minimum absolute atomic E-state index is 0.105. The van der Waals surface area contributed by atoms with E-state index in [4.69, 9.17) is 15.0 Å². The minimum atomic E-state index is -0.528. The van der Waals surface area contributed by atoms with Crippen LogP contribution in [0.2, 0.25) is 0 Å². The number of hydrogen-bond acceptors (Lipinski definition) is 6. The summed E-state index contributed by atoms with van der Waals surface area (Å²) in [6.07, 6.45) is 0. The number of carbonyl (C=O) groups is 1. The van der Waals surface area contributed by atoms with Crippen molar-refractivity contribution < 1.29 is 13.9 Å². The summed E-state index contributed by atoms with van der Waals surface area (Å²) < 4.78 is 11.8. The second kappa shape index (κ2) is 5.80. The molecule has 0 bridgehead atoms. The molecule has 0 unspecified atom stereocenters. The van der Waals surface area contributed by atoms with Crippen molar-refractivity contribution in [3.8, 4) is 6.01 Å². The predicted molar refractivity (Wildman–Crippen MR) is 74.0 cm³/mol. The van der Waals surface area contributed by atoms with Gasteiger partial charge in [-0.2, -0.15) is 0 Å². The van der Waals surface area contributed by atoms with Crippen LogP contribution < -0.4 is 21.6 Å². The third kappa shape index (κ3) is 2.95. The van der Waals surface area contributed by atoms with Crippen molar-refractivity contribution in [2.24, 2.45) is 5.84 Å². The first kappa shape index (κ1) is 14.8. The van der Waals surface area contributed by atoms with Crippen molar-refractivity contribution in [3.05, 3.63) is 45.3 Å². The van der Waals surface area contributed by atoms with Gasteiger partial charge in [0, 0.05) is 17.3 Å². The van der Waals surface area contributed by atoms with E-state index >= 15 is 0 Å². The van der Waals surface area contributed by atoms with Crippen LogP contribution in [0.1, 0.15) is 27.6 Å². The third-order valence-corrected chi connectivity index (χ3v) is 2.90. The number of hydrogen-bond donors (Lipinski definition) is 2. The van der Waals surface area contributed by atoms with E-state index in [1.807, 2.05) is 5.43 Å². The van der Waals surface area contributed by atoms with Crippen LogP contribution in [0, 0.1) is 13.8 Å². The van der Waals surface area contributed by atoms with Gasteiger partial charge in [-0.1, -0.05) is 0 Å². The number of rotatable bonds is 4. The van der Waals surface area contributed by atoms with Crippen LogP contribution in [0.4, 0.5) is 0 Å². The number of aromatic nitrogens is 2. The van der Waals surface area contributed by atoms with Crippen LogP contribution in [-0.2, 0) is 6.54 Å². The number of nitrogens with one attached hydrogen (secondary N) is 1. The van der Waals surface area contributed by atoms with Crippen molar-refractivity contribution >= 4 is 5.91 Å². The zero-order valence-electron chi connectivity index (χ0n) is 12.0. The lowest BCUT2D eigenvalue weighted by Crippen LogP contribution is -2.30. The first-order chi connectivity index (χ1) is 9.96. The second-order valence-electron chi connectivity index (χ2n) is 4.51. The second-order valence-corrected chi connectivity index (χ2v) is 4.51. The highest BCUT2D eigenvalue weighted by Crippen LogP contribution is 2.16. The molecule has 0 fully saturated rings. The van der Waals surface area contributed by atoms with Gasteiger partial charge < -0.3 is 9.15 Å². The van der Waals surface area contributed by atoms with Crippen LogP contribution in [0.5, 0.6) is 6.01 Å². The van der Waals surface area contributed by atoms with E-state index in [0.29, 0.717) is 17.0 Å². The van der Waals surface area contributed by atoms with Gasteiger partial charge in [0.1, 0.15) is 5.76 Å². The maximum absolute atomic E-state index is 12.0. The Labute approximate surface area is 120 Å². The normalized spacial score (nSPS) is 10.5. The number of ether oxygens (including phenoxy) is 1. The molecule has 0 aromatic carbocycles. The molecule has 2 aromatic rings. The highest BCUT2D eigenvalue weighted by molar-refractivity contribution is 5.92. The molecule has 21 heavy (non-hydrogen) atoms. The highest BCUT2D eigenvalue weighted by atomic mass is 16.5. The molecule has 0 radical (unpaired) electrons. The van der Waals surface area contributed by atoms with Gasteiger partial charge >= 0.3 is 5.91 Å². The van der Waals surface area contributed by atoms with Crippen LogP contribution in [0.15, 0.2) is 21.3 Å². The lowest BCUT2D eigenvalue weighted by molar-refractivity contribution is 0.0923. The summed E-state index contributed by atoms with van der Waals surface area (Å²) >= 11 is 0. The summed E-state index contributed by atoms with van der Waals surface area (Å²) in [6.45, 7) is 3.52. The maximum Gasteiger partial charge on any atom is 0.301 e. The van der Waals surface area contributed by atoms with E-state index in [-0.39, 0.29) is 23.9 Å². The minimum Gasteiger partial charge on any atom is -0.468 e. The molecule has 0 atom stereocenters. The molecule has 2 aromatic heterocycles. The Morgan fingerprint density at radius 2 is 2.19 bits per heavy atom. The van der Waals surface area contributed by atoms with Crippen LogP contribution >= 0.6 is 0 Å². The fourth-order valence-electron chi connectivity index (χ4n) is 1.97. The zero-order valence-corrected chi connectivity index (χ0v) is 12.0. The molecular weight excluding hydrogens is 276 g/mol. The summed E-state index contributed by atoms with van der Waals surface area (Å²) in [6, 6.07) is 3.24. The molecular formula is C13H16N4O4. The first-order valence-electron chi connectivity index (χ1n) is 6.19. The number of aryl methyl sites for hydroxylation is 2. The monoisotopic (exact) mass is 292 g/mol. The number of furan rings is 1. The van der Waals surface area contributed by atoms with Crippen molar-refractivity contribution in [2.45, 2.75) is 20.4 Å². The summed E-state index contributed by atoms with van der Waals surface area (Å²) in [5, 5.41) is 0. The lowest BCUT2D eigenvalue weighted by Gasteiger charge is -2.09. The van der Waals surface area contributed by atoms with Crippen molar-refractivity contribution in [1.82, 2.24) is 15.0 Å². The summed E-state index contributed by atoms with van der Waals surface area (Å²) in [5.41, 5.74) is 2.92. The van der Waals surface area contributed by atoms with E-state index in [0.717, 1.165) is 0 Å². The molecule has 112 valence electrons. The number of amides is 1. The molecule has 2 heterocycles. The Morgan fingerprint density at radius 3 is 2.81 bits per heavy atom. The number of methoxy groups -OCH3 is 1. The third-order valence-electron chi connectivity index (χ3n) is 2.90. The Hall–Kier alpha value is -2.61. The molecule has 0 aliphatic carbocycles. The molecule has 1 amide bonds. The van der Waals surface area contributed by atoms with Gasteiger partial charge in [0.25, 0.3) is 11.6 Å². The zero-order chi connectivity index (χ0) is 15.6. The Bertz CT molecular complexity index is 732. The Kier molecular flexibility index (Phi) is 4.08. The highest BCUT2D eigenvalue weighted by Gasteiger charge is 2.16. The topological polar surface area (TPSA) is 112 Å². The number of nitrogen functional groups attached to an aromatic ring is 1. The first-order valence-corrected chi connectivity index (χ1v) is 6.19. The van der Waals surface area contributed by atoms with E-state index in [1.165, 1.54) is 17.7 Å². The summed E-state index contributed by atoms with van der Waals surface area (Å²) in [5.74, 6) is 5.09. The molecule has 0 aliphatic heterocycles. The molecule has 2 rings (SSSR count). The Balaban J connectivity index is 2.39. The average molecular weight is 292 g/mol. The van der Waals surface area contributed by atoms with Crippen molar-refractivity contribution in [3.63, 3.8) is 0 Å². The molecule has 8 nitrogen and oxygen atoms in total. The summed E-state index contributed by atoms with van der Waals surface area (Å²) in [4.78, 5) is 27.6. The quantitative estimate of drug-likeness (QED) is 0.470. The number of carbonyl (C=O) groups excluding carboxylic acids is 1. The van der Waals surface area contributed by atoms with Gasteiger partial charge in [-0.25, -0.2) is 10.8 Å². The van der Waals surface area contributed by atoms with Gasteiger partial charge in [-0.05, 0) is 19.9 Å². The Morgan fingerprint density at radius 1 is 1.48 bits per heavy atom. The van der Waals surface area contributed by atoms with Crippen LogP contribution in [0.25, 0.3) is 0 Å². The molecule has 3 N–H and O–H groups in total. The van der Waals surface area contributed by atoms with Crippen LogP contribution in [-0.4, -0.2) is 22.6 Å². The van der Waals surface area contributed by atoms with Gasteiger partial charge in [-0.15, -0.1) is 0 Å². The van der Waals surface area contributed by atoms with Gasteiger partial charge in [-0.3, -0.25) is 19.6 Å². The van der Waals surface area contributed by atoms with Crippen LogP contribution in [0.3, 0.4) is 0 Å². The average Bonchev–Trinajstić information content (AvgIpc) is 2.81. The maximum atomic E-state index is 12.0. The van der Waals surface area contributed by atoms with Crippen molar-refractivity contribution in [2.75, 3.05) is 7.11 Å². The number of hydrazine groups is 1. The molecule has 0 saturated carbocycles. The molecule has 0 aliphatic rings. The van der Waals surface area contributed by atoms with Crippen molar-refractivity contribution in [1.29, 1.82) is 0 Å². The van der Waals surface area contributed by atoms with E-state index < -0.39 is 5.91 Å². The number of nitrogens with zero attached hydrogens (tertiary/aromatic N) is 2. The van der Waals surface area contributed by atoms with E-state index in [9.17, 15) is 9.59 Å². The van der Waals surface area contributed by atoms with Gasteiger partial charge in [0.15, 0.2) is 5.76 Å². The lowest BCUT2D eigenvalue weighted by atomic mass is 10.2. The predicted octanol–water partition coefficient (Wildman–Crippen LogP) is 0.114. The largest absolute Gasteiger partial charge is 0.468 e. The SMILES string of the molecule is COc1nc(C)cc(=O)n1Cc1cc(C)c(C(=O)NN)o1.